The fraction of sp³-hybridized carbons (Fsp3) is 0.562. The van der Waals surface area contributed by atoms with Crippen LogP contribution in [0.25, 0.3) is 0 Å². The molecule has 0 fully saturated rings. The van der Waals surface area contributed by atoms with Crippen LogP contribution in [0.15, 0.2) is 18.2 Å². The summed E-state index contributed by atoms with van der Waals surface area (Å²) in [6.45, 7) is 9.96. The highest BCUT2D eigenvalue weighted by Gasteiger charge is 2.37. The number of hydrogen-bond donors (Lipinski definition) is 1. The minimum Gasteiger partial charge on any atom is -0.469 e. The summed E-state index contributed by atoms with van der Waals surface area (Å²) in [6.07, 6.45) is 0. The third-order valence-corrected chi connectivity index (χ3v) is 3.79. The van der Waals surface area contributed by atoms with Crippen molar-refractivity contribution in [2.45, 2.75) is 46.6 Å². The number of benzene rings is 1. The molecule has 3 heteroatoms. The van der Waals surface area contributed by atoms with Crippen molar-refractivity contribution >= 4 is 5.97 Å². The summed E-state index contributed by atoms with van der Waals surface area (Å²) in [7, 11) is 1.40. The maximum Gasteiger partial charge on any atom is 0.313 e. The van der Waals surface area contributed by atoms with Gasteiger partial charge in [-0.15, -0.1) is 0 Å². The molecule has 3 nitrogen and oxygen atoms in total. The SMILES string of the molecule is COC(=O)C(C)(C)C(N)c1cc(C(C)C)ccc1C. The van der Waals surface area contributed by atoms with Gasteiger partial charge in [0.25, 0.3) is 0 Å². The molecule has 0 heterocycles. The maximum atomic E-state index is 11.9. The molecule has 1 aromatic rings. The zero-order valence-corrected chi connectivity index (χ0v) is 12.8. The van der Waals surface area contributed by atoms with Crippen molar-refractivity contribution in [2.24, 2.45) is 11.1 Å². The van der Waals surface area contributed by atoms with Gasteiger partial charge in [0.05, 0.1) is 12.5 Å². The molecule has 0 spiro atoms. The molecule has 0 aromatic heterocycles. The van der Waals surface area contributed by atoms with E-state index in [-0.39, 0.29) is 12.0 Å². The first-order valence-corrected chi connectivity index (χ1v) is 6.66. The topological polar surface area (TPSA) is 52.3 Å². The van der Waals surface area contributed by atoms with Crippen LogP contribution in [-0.2, 0) is 9.53 Å². The summed E-state index contributed by atoms with van der Waals surface area (Å²) in [5, 5.41) is 0. The van der Waals surface area contributed by atoms with Crippen molar-refractivity contribution in [1.82, 2.24) is 0 Å². The lowest BCUT2D eigenvalue weighted by Gasteiger charge is -2.30. The molecule has 0 radical (unpaired) electrons. The predicted octanol–water partition coefficient (Wildman–Crippen LogP) is 3.32. The minimum atomic E-state index is -0.741. The van der Waals surface area contributed by atoms with Crippen molar-refractivity contribution in [2.75, 3.05) is 7.11 Å². The van der Waals surface area contributed by atoms with Gasteiger partial charge in [0.1, 0.15) is 0 Å². The Morgan fingerprint density at radius 3 is 2.37 bits per heavy atom. The van der Waals surface area contributed by atoms with Crippen LogP contribution in [0.1, 0.15) is 56.3 Å². The van der Waals surface area contributed by atoms with Crippen molar-refractivity contribution in [1.29, 1.82) is 0 Å². The molecule has 2 N–H and O–H groups in total. The van der Waals surface area contributed by atoms with Crippen LogP contribution >= 0.6 is 0 Å². The highest BCUT2D eigenvalue weighted by molar-refractivity contribution is 5.77. The number of carbonyl (C=O) groups excluding carboxylic acids is 1. The molecule has 106 valence electrons. The van der Waals surface area contributed by atoms with E-state index in [9.17, 15) is 4.79 Å². The van der Waals surface area contributed by atoms with E-state index in [0.29, 0.717) is 5.92 Å². The van der Waals surface area contributed by atoms with Crippen LogP contribution in [0, 0.1) is 12.3 Å². The number of esters is 1. The molecule has 0 bridgehead atoms. The van der Waals surface area contributed by atoms with Crippen molar-refractivity contribution in [3.8, 4) is 0 Å². The molecule has 0 aliphatic rings. The van der Waals surface area contributed by atoms with Crippen LogP contribution in [0.5, 0.6) is 0 Å². The van der Waals surface area contributed by atoms with Gasteiger partial charge in [-0.3, -0.25) is 4.79 Å². The number of nitrogens with two attached hydrogens (primary N) is 1. The van der Waals surface area contributed by atoms with E-state index in [0.717, 1.165) is 11.1 Å². The standard InChI is InChI=1S/C16H25NO2/c1-10(2)12-8-7-11(3)13(9-12)14(17)16(4,5)15(18)19-6/h7-10,14H,17H2,1-6H3. The van der Waals surface area contributed by atoms with Gasteiger partial charge in [-0.1, -0.05) is 32.0 Å². The lowest BCUT2D eigenvalue weighted by atomic mass is 9.79. The van der Waals surface area contributed by atoms with Gasteiger partial charge in [-0.2, -0.15) is 0 Å². The molecule has 1 rings (SSSR count). The van der Waals surface area contributed by atoms with Gasteiger partial charge in [-0.25, -0.2) is 0 Å². The molecule has 19 heavy (non-hydrogen) atoms. The summed E-state index contributed by atoms with van der Waals surface area (Å²) in [5.74, 6) is 0.155. The number of aryl methyl sites for hydroxylation is 1. The van der Waals surface area contributed by atoms with Crippen LogP contribution in [0.2, 0.25) is 0 Å². The second kappa shape index (κ2) is 5.74. The molecular formula is C16H25NO2. The van der Waals surface area contributed by atoms with Gasteiger partial charge in [-0.05, 0) is 43.4 Å². The van der Waals surface area contributed by atoms with E-state index in [2.05, 4.69) is 32.0 Å². The molecule has 1 aromatic carbocycles. The van der Waals surface area contributed by atoms with Crippen molar-refractivity contribution < 1.29 is 9.53 Å². The first kappa shape index (κ1) is 15.7. The van der Waals surface area contributed by atoms with Crippen molar-refractivity contribution in [3.05, 3.63) is 34.9 Å². The second-order valence-corrected chi connectivity index (χ2v) is 5.96. The Bertz CT molecular complexity index is 464. The average molecular weight is 263 g/mol. The van der Waals surface area contributed by atoms with E-state index in [1.54, 1.807) is 0 Å². The molecule has 0 aliphatic carbocycles. The van der Waals surface area contributed by atoms with Crippen LogP contribution in [0.3, 0.4) is 0 Å². The zero-order chi connectivity index (χ0) is 14.8. The lowest BCUT2D eigenvalue weighted by Crippen LogP contribution is -2.37. The van der Waals surface area contributed by atoms with E-state index >= 15 is 0 Å². The first-order valence-electron chi connectivity index (χ1n) is 6.66. The Labute approximate surface area is 116 Å². The number of methoxy groups -OCH3 is 1. The van der Waals surface area contributed by atoms with Crippen molar-refractivity contribution in [3.63, 3.8) is 0 Å². The number of hydrogen-bond acceptors (Lipinski definition) is 3. The summed E-state index contributed by atoms with van der Waals surface area (Å²) in [5.41, 5.74) is 8.93. The highest BCUT2D eigenvalue weighted by atomic mass is 16.5. The van der Waals surface area contributed by atoms with Crippen LogP contribution < -0.4 is 5.73 Å². The molecule has 1 atom stereocenters. The minimum absolute atomic E-state index is 0.283. The van der Waals surface area contributed by atoms with E-state index < -0.39 is 5.41 Å². The fourth-order valence-corrected chi connectivity index (χ4v) is 2.13. The predicted molar refractivity (Wildman–Crippen MR) is 78.0 cm³/mol. The van der Waals surface area contributed by atoms with E-state index in [1.807, 2.05) is 20.8 Å². The Morgan fingerprint density at radius 1 is 1.32 bits per heavy atom. The van der Waals surface area contributed by atoms with Crippen LogP contribution in [0.4, 0.5) is 0 Å². The van der Waals surface area contributed by atoms with Gasteiger partial charge in [0.15, 0.2) is 0 Å². The summed E-state index contributed by atoms with van der Waals surface area (Å²) >= 11 is 0. The molecule has 0 amide bonds. The molecule has 0 aliphatic heterocycles. The Hall–Kier alpha value is -1.35. The second-order valence-electron chi connectivity index (χ2n) is 5.96. The smallest absolute Gasteiger partial charge is 0.313 e. The highest BCUT2D eigenvalue weighted by Crippen LogP contribution is 2.35. The number of ether oxygens (including phenoxy) is 1. The first-order chi connectivity index (χ1) is 8.71. The zero-order valence-electron chi connectivity index (χ0n) is 12.8. The lowest BCUT2D eigenvalue weighted by molar-refractivity contribution is -0.152. The monoisotopic (exact) mass is 263 g/mol. The third kappa shape index (κ3) is 3.16. The summed E-state index contributed by atoms with van der Waals surface area (Å²) < 4.78 is 4.86. The largest absolute Gasteiger partial charge is 0.469 e. The van der Waals surface area contributed by atoms with Crippen LogP contribution in [-0.4, -0.2) is 13.1 Å². The van der Waals surface area contributed by atoms with Gasteiger partial charge < -0.3 is 10.5 Å². The average Bonchev–Trinajstić information content (AvgIpc) is 2.36. The fourth-order valence-electron chi connectivity index (χ4n) is 2.13. The summed E-state index contributed by atoms with van der Waals surface area (Å²) in [6, 6.07) is 5.91. The summed E-state index contributed by atoms with van der Waals surface area (Å²) in [4.78, 5) is 11.9. The molecule has 0 saturated heterocycles. The van der Waals surface area contributed by atoms with Gasteiger partial charge in [0, 0.05) is 6.04 Å². The molecule has 0 saturated carbocycles. The third-order valence-electron chi connectivity index (χ3n) is 3.79. The Balaban J connectivity index is 3.22. The normalized spacial score (nSPS) is 13.5. The number of carbonyl (C=O) groups is 1. The van der Waals surface area contributed by atoms with Gasteiger partial charge >= 0.3 is 5.97 Å². The Morgan fingerprint density at radius 2 is 1.89 bits per heavy atom. The Kier molecular flexibility index (Phi) is 4.75. The molecular weight excluding hydrogens is 238 g/mol. The maximum absolute atomic E-state index is 11.9. The molecule has 1 unspecified atom stereocenters. The van der Waals surface area contributed by atoms with Gasteiger partial charge in [0.2, 0.25) is 0 Å². The van der Waals surface area contributed by atoms with E-state index in [4.69, 9.17) is 10.5 Å². The van der Waals surface area contributed by atoms with E-state index in [1.165, 1.54) is 12.7 Å². The number of rotatable bonds is 4. The quantitative estimate of drug-likeness (QED) is 0.848.